The molecule has 2 N–H and O–H groups in total. The lowest BCUT2D eigenvalue weighted by Crippen LogP contribution is -2.63. The second-order valence-electron chi connectivity index (χ2n) is 7.56. The highest BCUT2D eigenvalue weighted by atomic mass is 15.3. The number of nitrogens with two attached hydrogens (primary N) is 1. The molecule has 0 bridgehead atoms. The maximum absolute atomic E-state index is 6.26. The lowest BCUT2D eigenvalue weighted by Gasteiger charge is -2.52. The summed E-state index contributed by atoms with van der Waals surface area (Å²) in [5, 5.41) is 0. The minimum absolute atomic E-state index is 0.290. The molecule has 20 heavy (non-hydrogen) atoms. The molecular weight excluding hydrogens is 246 g/mol. The van der Waals surface area contributed by atoms with Gasteiger partial charge in [-0.1, -0.05) is 20.8 Å². The van der Waals surface area contributed by atoms with Gasteiger partial charge in [-0.05, 0) is 44.4 Å². The predicted molar refractivity (Wildman–Crippen MR) is 86.9 cm³/mol. The first-order valence-corrected chi connectivity index (χ1v) is 8.70. The van der Waals surface area contributed by atoms with Crippen molar-refractivity contribution in [1.29, 1.82) is 0 Å². The van der Waals surface area contributed by atoms with Gasteiger partial charge in [0.25, 0.3) is 0 Å². The fraction of sp³-hybridized carbons (Fsp3) is 1.00. The summed E-state index contributed by atoms with van der Waals surface area (Å²) in [6, 6.07) is 0.732. The molecule has 1 heterocycles. The first-order chi connectivity index (χ1) is 9.50. The van der Waals surface area contributed by atoms with Crippen LogP contribution in [-0.4, -0.2) is 54.1 Å². The van der Waals surface area contributed by atoms with Gasteiger partial charge in [-0.15, -0.1) is 0 Å². The van der Waals surface area contributed by atoms with E-state index in [2.05, 4.69) is 37.5 Å². The van der Waals surface area contributed by atoms with Crippen LogP contribution in [0.4, 0.5) is 0 Å². The quantitative estimate of drug-likeness (QED) is 0.859. The molecule has 3 heteroatoms. The van der Waals surface area contributed by atoms with Gasteiger partial charge in [0.2, 0.25) is 0 Å². The molecule has 1 saturated heterocycles. The maximum atomic E-state index is 6.26. The van der Waals surface area contributed by atoms with Gasteiger partial charge in [0.05, 0.1) is 0 Å². The van der Waals surface area contributed by atoms with E-state index in [0.29, 0.717) is 5.54 Å². The van der Waals surface area contributed by atoms with Crippen LogP contribution in [0.15, 0.2) is 0 Å². The summed E-state index contributed by atoms with van der Waals surface area (Å²) in [4.78, 5) is 5.38. The molecule has 1 aliphatic heterocycles. The van der Waals surface area contributed by atoms with Crippen LogP contribution in [0.25, 0.3) is 0 Å². The van der Waals surface area contributed by atoms with E-state index in [-0.39, 0.29) is 0 Å². The summed E-state index contributed by atoms with van der Waals surface area (Å²) in [6.45, 7) is 15.2. The van der Waals surface area contributed by atoms with E-state index >= 15 is 0 Å². The standard InChI is InChI=1S/C17H35N3/c1-5-16(4)19-6-8-20(9-7-19)17(13-18)11-14(2)10-15(3)12-17/h14-16H,5-13,18H2,1-4H3. The second-order valence-corrected chi connectivity index (χ2v) is 7.56. The summed E-state index contributed by atoms with van der Waals surface area (Å²) in [5.74, 6) is 1.66. The van der Waals surface area contributed by atoms with Gasteiger partial charge in [0.15, 0.2) is 0 Å². The number of nitrogens with zero attached hydrogens (tertiary/aromatic N) is 2. The highest BCUT2D eigenvalue weighted by Gasteiger charge is 2.42. The highest BCUT2D eigenvalue weighted by Crippen LogP contribution is 2.39. The summed E-state index contributed by atoms with van der Waals surface area (Å²) in [6.07, 6.45) is 5.25. The van der Waals surface area contributed by atoms with E-state index in [1.807, 2.05) is 0 Å². The molecule has 0 amide bonds. The average molecular weight is 281 g/mol. The Bertz CT molecular complexity index is 287. The van der Waals surface area contributed by atoms with Gasteiger partial charge in [0.1, 0.15) is 0 Å². The van der Waals surface area contributed by atoms with Crippen molar-refractivity contribution in [2.75, 3.05) is 32.7 Å². The Hall–Kier alpha value is -0.120. The first kappa shape index (κ1) is 16.3. The third-order valence-electron chi connectivity index (χ3n) is 5.84. The second kappa shape index (κ2) is 6.76. The third kappa shape index (κ3) is 3.37. The van der Waals surface area contributed by atoms with Crippen molar-refractivity contribution in [2.24, 2.45) is 17.6 Å². The Morgan fingerprint density at radius 3 is 2.10 bits per heavy atom. The van der Waals surface area contributed by atoms with Gasteiger partial charge < -0.3 is 5.73 Å². The fourth-order valence-corrected chi connectivity index (χ4v) is 4.68. The van der Waals surface area contributed by atoms with Crippen molar-refractivity contribution in [3.63, 3.8) is 0 Å². The van der Waals surface area contributed by atoms with Crippen LogP contribution in [0.3, 0.4) is 0 Å². The number of piperazine rings is 1. The molecule has 3 atom stereocenters. The van der Waals surface area contributed by atoms with E-state index in [9.17, 15) is 0 Å². The molecule has 2 aliphatic rings. The zero-order valence-corrected chi connectivity index (χ0v) is 14.1. The van der Waals surface area contributed by atoms with E-state index in [1.165, 1.54) is 51.9 Å². The van der Waals surface area contributed by atoms with Crippen molar-refractivity contribution in [3.05, 3.63) is 0 Å². The van der Waals surface area contributed by atoms with Gasteiger partial charge in [0, 0.05) is 44.3 Å². The number of rotatable bonds is 4. The van der Waals surface area contributed by atoms with Gasteiger partial charge in [-0.3, -0.25) is 9.80 Å². The van der Waals surface area contributed by atoms with Crippen molar-refractivity contribution in [3.8, 4) is 0 Å². The van der Waals surface area contributed by atoms with E-state index in [1.54, 1.807) is 0 Å². The Morgan fingerprint density at radius 2 is 1.65 bits per heavy atom. The summed E-state index contributed by atoms with van der Waals surface area (Å²) >= 11 is 0. The predicted octanol–water partition coefficient (Wildman–Crippen LogP) is 2.56. The minimum Gasteiger partial charge on any atom is -0.329 e. The van der Waals surface area contributed by atoms with Gasteiger partial charge in [-0.25, -0.2) is 0 Å². The van der Waals surface area contributed by atoms with E-state index < -0.39 is 0 Å². The van der Waals surface area contributed by atoms with Crippen LogP contribution >= 0.6 is 0 Å². The topological polar surface area (TPSA) is 32.5 Å². The Morgan fingerprint density at radius 1 is 1.10 bits per heavy atom. The molecule has 3 unspecified atom stereocenters. The van der Waals surface area contributed by atoms with Crippen molar-refractivity contribution in [2.45, 2.75) is 65.0 Å². The van der Waals surface area contributed by atoms with Crippen LogP contribution in [0, 0.1) is 11.8 Å². The molecule has 0 aromatic carbocycles. The van der Waals surface area contributed by atoms with Crippen LogP contribution in [-0.2, 0) is 0 Å². The van der Waals surface area contributed by atoms with Gasteiger partial charge >= 0.3 is 0 Å². The SMILES string of the molecule is CCC(C)N1CCN(C2(CN)CC(C)CC(C)C2)CC1. The Labute approximate surface area is 125 Å². The monoisotopic (exact) mass is 281 g/mol. The smallest absolute Gasteiger partial charge is 0.0337 e. The van der Waals surface area contributed by atoms with Crippen LogP contribution < -0.4 is 5.73 Å². The van der Waals surface area contributed by atoms with Crippen LogP contribution in [0.2, 0.25) is 0 Å². The average Bonchev–Trinajstić information content (AvgIpc) is 2.45. The zero-order chi connectivity index (χ0) is 14.8. The summed E-state index contributed by atoms with van der Waals surface area (Å²) < 4.78 is 0. The zero-order valence-electron chi connectivity index (χ0n) is 14.1. The summed E-state index contributed by atoms with van der Waals surface area (Å²) in [5.41, 5.74) is 6.55. The highest BCUT2D eigenvalue weighted by molar-refractivity contribution is 4.99. The molecule has 0 spiro atoms. The van der Waals surface area contributed by atoms with Crippen LogP contribution in [0.1, 0.15) is 53.4 Å². The molecule has 0 radical (unpaired) electrons. The number of hydrogen-bond acceptors (Lipinski definition) is 3. The van der Waals surface area contributed by atoms with Crippen molar-refractivity contribution < 1.29 is 0 Å². The van der Waals surface area contributed by atoms with Gasteiger partial charge in [-0.2, -0.15) is 0 Å². The normalized spacial score (nSPS) is 38.9. The minimum atomic E-state index is 0.290. The molecule has 1 saturated carbocycles. The Kier molecular flexibility index (Phi) is 5.49. The number of hydrogen-bond donors (Lipinski definition) is 1. The Balaban J connectivity index is 1.99. The van der Waals surface area contributed by atoms with E-state index in [0.717, 1.165) is 24.4 Å². The first-order valence-electron chi connectivity index (χ1n) is 8.70. The lowest BCUT2D eigenvalue weighted by atomic mass is 9.70. The maximum Gasteiger partial charge on any atom is 0.0337 e. The van der Waals surface area contributed by atoms with Crippen molar-refractivity contribution >= 4 is 0 Å². The molecule has 0 aromatic heterocycles. The molecule has 0 aromatic rings. The molecule has 3 nitrogen and oxygen atoms in total. The van der Waals surface area contributed by atoms with E-state index in [4.69, 9.17) is 5.73 Å². The molecule has 1 aliphatic carbocycles. The third-order valence-corrected chi connectivity index (χ3v) is 5.84. The largest absolute Gasteiger partial charge is 0.329 e. The molecule has 2 rings (SSSR count). The fourth-order valence-electron chi connectivity index (χ4n) is 4.68. The molecular formula is C17H35N3. The molecule has 118 valence electrons. The summed E-state index contributed by atoms with van der Waals surface area (Å²) in [7, 11) is 0. The molecule has 2 fully saturated rings. The van der Waals surface area contributed by atoms with Crippen molar-refractivity contribution in [1.82, 2.24) is 9.80 Å². The lowest BCUT2D eigenvalue weighted by molar-refractivity contribution is -0.0198. The van der Waals surface area contributed by atoms with Crippen LogP contribution in [0.5, 0.6) is 0 Å².